The highest BCUT2D eigenvalue weighted by Gasteiger charge is 2.27. The molecule has 31 heavy (non-hydrogen) atoms. The van der Waals surface area contributed by atoms with Crippen LogP contribution in [-0.4, -0.2) is 40.2 Å². The van der Waals surface area contributed by atoms with Gasteiger partial charge in [-0.05, 0) is 35.8 Å². The molecule has 2 aromatic rings. The second kappa shape index (κ2) is 8.91. The third-order valence-electron chi connectivity index (χ3n) is 5.80. The lowest BCUT2D eigenvalue weighted by atomic mass is 9.78. The Balaban J connectivity index is 1.80. The molecule has 1 saturated heterocycles. The van der Waals surface area contributed by atoms with E-state index in [1.165, 1.54) is 6.92 Å². The van der Waals surface area contributed by atoms with Gasteiger partial charge in [-0.1, -0.05) is 41.5 Å². The van der Waals surface area contributed by atoms with E-state index in [2.05, 4.69) is 64.0 Å². The van der Waals surface area contributed by atoms with Crippen molar-refractivity contribution in [2.24, 2.45) is 0 Å². The van der Waals surface area contributed by atoms with Crippen molar-refractivity contribution in [2.45, 2.75) is 84.8 Å². The van der Waals surface area contributed by atoms with Gasteiger partial charge in [0.1, 0.15) is 16.9 Å². The van der Waals surface area contributed by atoms with Crippen LogP contribution in [0.5, 0.6) is 5.75 Å². The Morgan fingerprint density at radius 1 is 1.13 bits per heavy atom. The third kappa shape index (κ3) is 5.86. The lowest BCUT2D eigenvalue weighted by Crippen LogP contribution is -2.37. The molecule has 1 aliphatic rings. The fourth-order valence-corrected chi connectivity index (χ4v) is 4.90. The molecule has 1 aromatic carbocycles. The summed E-state index contributed by atoms with van der Waals surface area (Å²) in [7, 11) is 0. The molecule has 1 N–H and O–H groups in total. The average Bonchev–Trinajstić information content (AvgIpc) is 3.09. The number of carbonyl (C=O) groups is 1. The molecule has 1 aromatic heterocycles. The second-order valence-electron chi connectivity index (χ2n) is 10.6. The summed E-state index contributed by atoms with van der Waals surface area (Å²) in [5.74, 6) is 0.205. The van der Waals surface area contributed by atoms with Gasteiger partial charge in [-0.25, -0.2) is 4.98 Å². The summed E-state index contributed by atoms with van der Waals surface area (Å²) >= 11 is 1.68. The van der Waals surface area contributed by atoms with E-state index >= 15 is 0 Å². The molecule has 1 fully saturated rings. The number of carbonyl (C=O) groups excluding carboxylic acids is 1. The van der Waals surface area contributed by atoms with Gasteiger partial charge in [-0.15, -0.1) is 11.3 Å². The molecule has 3 rings (SSSR count). The van der Waals surface area contributed by atoms with Crippen LogP contribution in [0.25, 0.3) is 11.3 Å². The smallest absolute Gasteiger partial charge is 0.302 e. The first-order valence-electron chi connectivity index (χ1n) is 11.1. The van der Waals surface area contributed by atoms with E-state index in [1.54, 1.807) is 11.3 Å². The van der Waals surface area contributed by atoms with Gasteiger partial charge >= 0.3 is 5.97 Å². The molecule has 0 aliphatic carbocycles. The van der Waals surface area contributed by atoms with Crippen molar-refractivity contribution in [1.29, 1.82) is 0 Å². The Labute approximate surface area is 190 Å². The summed E-state index contributed by atoms with van der Waals surface area (Å²) in [5, 5.41) is 14.2. The number of esters is 1. The van der Waals surface area contributed by atoms with Gasteiger partial charge in [0.15, 0.2) is 0 Å². The van der Waals surface area contributed by atoms with Gasteiger partial charge in [-0.3, -0.25) is 9.69 Å². The maximum Gasteiger partial charge on any atom is 0.302 e. The average molecular weight is 445 g/mol. The molecular weight excluding hydrogens is 408 g/mol. The minimum absolute atomic E-state index is 0.0456. The van der Waals surface area contributed by atoms with Crippen molar-refractivity contribution in [3.8, 4) is 17.0 Å². The van der Waals surface area contributed by atoms with Crippen molar-refractivity contribution in [3.63, 3.8) is 0 Å². The topological polar surface area (TPSA) is 62.7 Å². The van der Waals surface area contributed by atoms with Crippen molar-refractivity contribution < 1.29 is 14.6 Å². The molecule has 0 amide bonds. The van der Waals surface area contributed by atoms with Crippen LogP contribution in [0.3, 0.4) is 0 Å². The Hall–Kier alpha value is -1.92. The SMILES string of the molecule is CC(=O)OC1CCN(Cc2nc(-c3cc(C(C)(C)C)c(O)c(C(C)(C)C)c3)cs2)CC1. The first kappa shape index (κ1) is 23.7. The van der Waals surface area contributed by atoms with Crippen LogP contribution in [0.4, 0.5) is 0 Å². The normalized spacial score (nSPS) is 16.5. The molecule has 5 nitrogen and oxygen atoms in total. The Morgan fingerprint density at radius 2 is 1.68 bits per heavy atom. The van der Waals surface area contributed by atoms with E-state index in [0.29, 0.717) is 5.75 Å². The first-order chi connectivity index (χ1) is 14.3. The van der Waals surface area contributed by atoms with Crippen molar-refractivity contribution in [1.82, 2.24) is 9.88 Å². The number of benzene rings is 1. The Bertz CT molecular complexity index is 894. The predicted molar refractivity (Wildman–Crippen MR) is 127 cm³/mol. The summed E-state index contributed by atoms with van der Waals surface area (Å²) in [4.78, 5) is 18.5. The minimum atomic E-state index is -0.193. The van der Waals surface area contributed by atoms with E-state index < -0.39 is 0 Å². The highest BCUT2D eigenvalue weighted by Crippen LogP contribution is 2.42. The minimum Gasteiger partial charge on any atom is -0.507 e. The molecule has 0 atom stereocenters. The van der Waals surface area contributed by atoms with Crippen molar-refractivity contribution >= 4 is 17.3 Å². The number of thiazole rings is 1. The van der Waals surface area contributed by atoms with E-state index in [9.17, 15) is 9.90 Å². The summed E-state index contributed by atoms with van der Waals surface area (Å²) in [6.45, 7) is 16.9. The summed E-state index contributed by atoms with van der Waals surface area (Å²) in [6, 6.07) is 4.18. The Morgan fingerprint density at radius 3 is 2.16 bits per heavy atom. The van der Waals surface area contributed by atoms with E-state index in [0.717, 1.165) is 59.9 Å². The maximum absolute atomic E-state index is 11.2. The zero-order chi connectivity index (χ0) is 23.0. The van der Waals surface area contributed by atoms with E-state index in [4.69, 9.17) is 9.72 Å². The van der Waals surface area contributed by atoms with Crippen molar-refractivity contribution in [3.05, 3.63) is 33.6 Å². The number of likely N-dealkylation sites (tertiary alicyclic amines) is 1. The summed E-state index contributed by atoms with van der Waals surface area (Å²) in [6.07, 6.45) is 1.79. The number of ether oxygens (including phenoxy) is 1. The van der Waals surface area contributed by atoms with Crippen LogP contribution in [0.15, 0.2) is 17.5 Å². The van der Waals surface area contributed by atoms with Gasteiger partial charge in [0.05, 0.1) is 12.2 Å². The quantitative estimate of drug-likeness (QED) is 0.619. The van der Waals surface area contributed by atoms with Gasteiger partial charge in [-0.2, -0.15) is 0 Å². The predicted octanol–water partition coefficient (Wildman–Crippen LogP) is 5.64. The number of aromatic nitrogens is 1. The van der Waals surface area contributed by atoms with Crippen LogP contribution in [0.2, 0.25) is 0 Å². The largest absolute Gasteiger partial charge is 0.507 e. The zero-order valence-electron chi connectivity index (χ0n) is 19.9. The number of piperidine rings is 1. The number of hydrogen-bond donors (Lipinski definition) is 1. The molecule has 6 heteroatoms. The van der Waals surface area contributed by atoms with Crippen LogP contribution in [-0.2, 0) is 26.9 Å². The van der Waals surface area contributed by atoms with E-state index in [1.807, 2.05) is 0 Å². The molecule has 2 heterocycles. The van der Waals surface area contributed by atoms with Gasteiger partial charge < -0.3 is 9.84 Å². The molecule has 1 aliphatic heterocycles. The molecule has 0 bridgehead atoms. The van der Waals surface area contributed by atoms with Gasteiger partial charge in [0, 0.05) is 42.1 Å². The third-order valence-corrected chi connectivity index (χ3v) is 6.63. The standard InChI is InChI=1S/C25H36N2O3S/c1-16(28)30-18-8-10-27(11-9-18)14-22-26-21(15-31-22)17-12-19(24(2,3)4)23(29)20(13-17)25(5,6)7/h12-13,15,18,29H,8-11,14H2,1-7H3. The highest BCUT2D eigenvalue weighted by molar-refractivity contribution is 7.09. The zero-order valence-corrected chi connectivity index (χ0v) is 20.7. The summed E-state index contributed by atoms with van der Waals surface area (Å²) in [5.41, 5.74) is 3.61. The van der Waals surface area contributed by atoms with Gasteiger partial charge in [0.25, 0.3) is 0 Å². The monoisotopic (exact) mass is 444 g/mol. The number of phenols is 1. The molecule has 0 spiro atoms. The number of hydrogen-bond acceptors (Lipinski definition) is 6. The first-order valence-corrected chi connectivity index (χ1v) is 11.9. The second-order valence-corrected chi connectivity index (χ2v) is 11.6. The number of nitrogens with zero attached hydrogens (tertiary/aromatic N) is 2. The van der Waals surface area contributed by atoms with Crippen LogP contribution in [0.1, 0.15) is 77.4 Å². The van der Waals surface area contributed by atoms with Crippen LogP contribution in [0, 0.1) is 0 Å². The van der Waals surface area contributed by atoms with Crippen LogP contribution >= 0.6 is 11.3 Å². The van der Waals surface area contributed by atoms with Gasteiger partial charge in [0.2, 0.25) is 0 Å². The van der Waals surface area contributed by atoms with Crippen LogP contribution < -0.4 is 0 Å². The molecule has 0 unspecified atom stereocenters. The summed E-state index contributed by atoms with van der Waals surface area (Å²) < 4.78 is 5.34. The van der Waals surface area contributed by atoms with Crippen molar-refractivity contribution in [2.75, 3.05) is 13.1 Å². The highest BCUT2D eigenvalue weighted by atomic mass is 32.1. The fourth-order valence-electron chi connectivity index (χ4n) is 4.05. The molecule has 0 radical (unpaired) electrons. The lowest BCUT2D eigenvalue weighted by Gasteiger charge is -2.30. The molecule has 170 valence electrons. The molecule has 0 saturated carbocycles. The maximum atomic E-state index is 11.2. The Kier molecular flexibility index (Phi) is 6.82. The number of rotatable bonds is 4. The lowest BCUT2D eigenvalue weighted by molar-refractivity contribution is -0.148. The van der Waals surface area contributed by atoms with E-state index in [-0.39, 0.29) is 22.9 Å². The fraction of sp³-hybridized carbons (Fsp3) is 0.600. The number of phenolic OH excluding ortho intramolecular Hbond substituents is 1. The number of aromatic hydroxyl groups is 1. The molecular formula is C25H36N2O3S.